The van der Waals surface area contributed by atoms with E-state index in [4.69, 9.17) is 0 Å². The Balaban J connectivity index is 2.09. The van der Waals surface area contributed by atoms with Gasteiger partial charge >= 0.3 is 0 Å². The molecule has 1 atom stereocenters. The Bertz CT molecular complexity index is 185. The molecule has 0 aromatic carbocycles. The van der Waals surface area contributed by atoms with Crippen LogP contribution in [0.5, 0.6) is 0 Å². The third-order valence-corrected chi connectivity index (χ3v) is 2.97. The van der Waals surface area contributed by atoms with Crippen LogP contribution in [0.3, 0.4) is 0 Å². The molecule has 3 nitrogen and oxygen atoms in total. The predicted molar refractivity (Wildman–Crippen MR) is 42.2 cm³/mol. The summed E-state index contributed by atoms with van der Waals surface area (Å²) in [6.07, 6.45) is 2.34. The Labute approximate surface area is 66.8 Å². The van der Waals surface area contributed by atoms with E-state index >= 15 is 0 Å². The van der Waals surface area contributed by atoms with Crippen LogP contribution in [0.15, 0.2) is 0 Å². The fourth-order valence-corrected chi connectivity index (χ4v) is 2.21. The topological polar surface area (TPSA) is 32.3 Å². The van der Waals surface area contributed by atoms with Crippen molar-refractivity contribution in [1.82, 2.24) is 10.2 Å². The summed E-state index contributed by atoms with van der Waals surface area (Å²) in [4.78, 5) is 13.1. The van der Waals surface area contributed by atoms with E-state index in [2.05, 4.69) is 5.32 Å². The highest BCUT2D eigenvalue weighted by molar-refractivity contribution is 5.75. The highest BCUT2D eigenvalue weighted by Crippen LogP contribution is 2.35. The normalized spacial score (nSPS) is 35.9. The van der Waals surface area contributed by atoms with Crippen LogP contribution < -0.4 is 5.32 Å². The summed E-state index contributed by atoms with van der Waals surface area (Å²) in [5.41, 5.74) is 0.228. The Morgan fingerprint density at radius 2 is 2.36 bits per heavy atom. The van der Waals surface area contributed by atoms with E-state index in [-0.39, 0.29) is 11.4 Å². The van der Waals surface area contributed by atoms with Crippen molar-refractivity contribution in [3.63, 3.8) is 0 Å². The Kier molecular flexibility index (Phi) is 1.42. The van der Waals surface area contributed by atoms with Gasteiger partial charge < -0.3 is 10.2 Å². The average molecular weight is 154 g/mol. The van der Waals surface area contributed by atoms with E-state index in [0.717, 1.165) is 26.1 Å². The Morgan fingerprint density at radius 1 is 1.55 bits per heavy atom. The fourth-order valence-electron chi connectivity index (χ4n) is 2.21. The molecule has 1 spiro atoms. The summed E-state index contributed by atoms with van der Waals surface area (Å²) in [7, 11) is 0. The second-order valence-corrected chi connectivity index (χ2v) is 3.57. The molecule has 0 bridgehead atoms. The number of hydrogen-bond donors (Lipinski definition) is 1. The Morgan fingerprint density at radius 3 is 2.73 bits per heavy atom. The van der Waals surface area contributed by atoms with Crippen LogP contribution in [0.2, 0.25) is 0 Å². The van der Waals surface area contributed by atoms with Gasteiger partial charge in [0.2, 0.25) is 5.91 Å². The maximum Gasteiger partial charge on any atom is 0.219 e. The third kappa shape index (κ3) is 0.872. The van der Waals surface area contributed by atoms with Gasteiger partial charge in [-0.1, -0.05) is 0 Å². The first-order chi connectivity index (χ1) is 5.25. The minimum absolute atomic E-state index is 0.228. The molecule has 1 unspecified atom stereocenters. The van der Waals surface area contributed by atoms with E-state index in [1.54, 1.807) is 6.92 Å². The molecule has 0 saturated carbocycles. The number of carbonyl (C=O) groups excluding carboxylic acids is 1. The zero-order valence-corrected chi connectivity index (χ0v) is 6.89. The van der Waals surface area contributed by atoms with Crippen LogP contribution in [0.1, 0.15) is 19.8 Å². The van der Waals surface area contributed by atoms with Gasteiger partial charge in [-0.15, -0.1) is 0 Å². The van der Waals surface area contributed by atoms with Crippen molar-refractivity contribution in [2.24, 2.45) is 0 Å². The first-order valence-electron chi connectivity index (χ1n) is 4.24. The molecule has 0 radical (unpaired) electrons. The lowest BCUT2D eigenvalue weighted by molar-refractivity contribution is -0.143. The van der Waals surface area contributed by atoms with Gasteiger partial charge in [-0.3, -0.25) is 4.79 Å². The van der Waals surface area contributed by atoms with Crippen LogP contribution in [0, 0.1) is 0 Å². The van der Waals surface area contributed by atoms with Crippen LogP contribution >= 0.6 is 0 Å². The smallest absolute Gasteiger partial charge is 0.219 e. The van der Waals surface area contributed by atoms with Gasteiger partial charge in [-0.05, 0) is 19.4 Å². The molecule has 0 aromatic heterocycles. The molecular formula is C8H14N2O. The van der Waals surface area contributed by atoms with E-state index in [1.807, 2.05) is 4.90 Å². The number of rotatable bonds is 0. The summed E-state index contributed by atoms with van der Waals surface area (Å²) < 4.78 is 0. The first-order valence-corrected chi connectivity index (χ1v) is 4.24. The molecule has 62 valence electrons. The minimum Gasteiger partial charge on any atom is -0.336 e. The van der Waals surface area contributed by atoms with Gasteiger partial charge in [-0.25, -0.2) is 0 Å². The summed E-state index contributed by atoms with van der Waals surface area (Å²) in [6.45, 7) is 4.71. The third-order valence-electron chi connectivity index (χ3n) is 2.97. The van der Waals surface area contributed by atoms with Crippen molar-refractivity contribution in [1.29, 1.82) is 0 Å². The zero-order chi connectivity index (χ0) is 7.90. The van der Waals surface area contributed by atoms with Gasteiger partial charge in [0, 0.05) is 20.0 Å². The monoisotopic (exact) mass is 154 g/mol. The van der Waals surface area contributed by atoms with Crippen molar-refractivity contribution in [3.8, 4) is 0 Å². The number of amides is 1. The molecule has 0 aromatic rings. The van der Waals surface area contributed by atoms with Gasteiger partial charge in [0.05, 0.1) is 5.54 Å². The first kappa shape index (κ1) is 7.10. The lowest BCUT2D eigenvalue weighted by Gasteiger charge is -2.50. The highest BCUT2D eigenvalue weighted by Gasteiger charge is 2.47. The number of likely N-dealkylation sites (tertiary alicyclic amines) is 1. The molecule has 2 saturated heterocycles. The zero-order valence-electron chi connectivity index (χ0n) is 6.89. The molecule has 2 aliphatic rings. The number of nitrogens with zero attached hydrogens (tertiary/aromatic N) is 1. The Hall–Kier alpha value is -0.570. The summed E-state index contributed by atoms with van der Waals surface area (Å²) in [5.74, 6) is 0.236. The van der Waals surface area contributed by atoms with Crippen molar-refractivity contribution >= 4 is 5.91 Å². The second-order valence-electron chi connectivity index (χ2n) is 3.57. The fraction of sp³-hybridized carbons (Fsp3) is 0.875. The lowest BCUT2D eigenvalue weighted by atomic mass is 9.84. The summed E-state index contributed by atoms with van der Waals surface area (Å²) >= 11 is 0. The van der Waals surface area contributed by atoms with E-state index in [1.165, 1.54) is 6.42 Å². The molecule has 11 heavy (non-hydrogen) atoms. The molecular weight excluding hydrogens is 140 g/mol. The molecule has 3 heteroatoms. The second kappa shape index (κ2) is 2.21. The number of nitrogens with one attached hydrogen (secondary N) is 1. The maximum absolute atomic E-state index is 11.1. The standard InChI is InChI=1S/C8H14N2O/c1-7(11)10-5-3-8(10)2-4-9-6-8/h9H,2-6H2,1H3. The van der Waals surface area contributed by atoms with E-state index < -0.39 is 0 Å². The molecule has 2 rings (SSSR count). The van der Waals surface area contributed by atoms with Crippen molar-refractivity contribution in [2.45, 2.75) is 25.3 Å². The maximum atomic E-state index is 11.1. The molecule has 1 N–H and O–H groups in total. The molecule has 0 aliphatic carbocycles. The quantitative estimate of drug-likeness (QED) is 0.531. The van der Waals surface area contributed by atoms with Gasteiger partial charge in [-0.2, -0.15) is 0 Å². The van der Waals surface area contributed by atoms with Crippen LogP contribution in [-0.4, -0.2) is 36.0 Å². The average Bonchev–Trinajstić information content (AvgIpc) is 2.31. The van der Waals surface area contributed by atoms with Crippen molar-refractivity contribution in [3.05, 3.63) is 0 Å². The van der Waals surface area contributed by atoms with Crippen molar-refractivity contribution in [2.75, 3.05) is 19.6 Å². The highest BCUT2D eigenvalue weighted by atomic mass is 16.2. The summed E-state index contributed by atoms with van der Waals surface area (Å²) in [6, 6.07) is 0. The summed E-state index contributed by atoms with van der Waals surface area (Å²) in [5, 5.41) is 3.31. The van der Waals surface area contributed by atoms with Gasteiger partial charge in [0.15, 0.2) is 0 Å². The van der Waals surface area contributed by atoms with E-state index in [0.29, 0.717) is 0 Å². The van der Waals surface area contributed by atoms with Gasteiger partial charge in [0.25, 0.3) is 0 Å². The number of carbonyl (C=O) groups is 1. The van der Waals surface area contributed by atoms with Crippen LogP contribution in [0.25, 0.3) is 0 Å². The lowest BCUT2D eigenvalue weighted by Crippen LogP contribution is -2.62. The number of hydrogen-bond acceptors (Lipinski definition) is 2. The SMILES string of the molecule is CC(=O)N1CCC12CCNC2. The largest absolute Gasteiger partial charge is 0.336 e. The molecule has 2 fully saturated rings. The van der Waals surface area contributed by atoms with Crippen LogP contribution in [0.4, 0.5) is 0 Å². The van der Waals surface area contributed by atoms with Gasteiger partial charge in [0.1, 0.15) is 0 Å². The minimum atomic E-state index is 0.228. The molecule has 2 heterocycles. The predicted octanol–water partition coefficient (Wildman–Crippen LogP) is -0.0293. The van der Waals surface area contributed by atoms with Crippen molar-refractivity contribution < 1.29 is 4.79 Å². The molecule has 1 amide bonds. The van der Waals surface area contributed by atoms with E-state index in [9.17, 15) is 4.79 Å². The molecule has 2 aliphatic heterocycles. The van der Waals surface area contributed by atoms with Crippen LogP contribution in [-0.2, 0) is 4.79 Å².